The van der Waals surface area contributed by atoms with Crippen LogP contribution in [0.2, 0.25) is 0 Å². The highest BCUT2D eigenvalue weighted by atomic mass is 16.4. The second kappa shape index (κ2) is 9.55. The molecule has 1 N–H and O–H groups in total. The van der Waals surface area contributed by atoms with Gasteiger partial charge in [-0.25, -0.2) is 0 Å². The van der Waals surface area contributed by atoms with Gasteiger partial charge in [-0.3, -0.25) is 19.6 Å². The van der Waals surface area contributed by atoms with Crippen LogP contribution in [0, 0.1) is 6.92 Å². The number of furan rings is 1. The van der Waals surface area contributed by atoms with E-state index in [9.17, 15) is 4.79 Å². The fraction of sp³-hybridized carbons (Fsp3) is 0.565. The van der Waals surface area contributed by atoms with E-state index in [0.717, 1.165) is 63.4 Å². The van der Waals surface area contributed by atoms with Gasteiger partial charge in [0, 0.05) is 43.6 Å². The summed E-state index contributed by atoms with van der Waals surface area (Å²) in [5.41, 5.74) is 2.17. The molecule has 0 aliphatic carbocycles. The van der Waals surface area contributed by atoms with Gasteiger partial charge in [-0.2, -0.15) is 0 Å². The van der Waals surface area contributed by atoms with Crippen molar-refractivity contribution >= 4 is 5.91 Å². The maximum Gasteiger partial charge on any atom is 0.287 e. The number of carbonyl (C=O) groups excluding carboxylic acids is 1. The molecule has 1 amide bonds. The van der Waals surface area contributed by atoms with E-state index in [0.29, 0.717) is 5.76 Å². The van der Waals surface area contributed by atoms with Crippen LogP contribution in [0.1, 0.15) is 59.5 Å². The molecule has 0 atom stereocenters. The third-order valence-corrected chi connectivity index (χ3v) is 6.05. The summed E-state index contributed by atoms with van der Waals surface area (Å²) in [5, 5.41) is 3.19. The van der Waals surface area contributed by atoms with Crippen molar-refractivity contribution in [2.45, 2.75) is 58.2 Å². The summed E-state index contributed by atoms with van der Waals surface area (Å²) >= 11 is 0. The minimum Gasteiger partial charge on any atom is -0.454 e. The van der Waals surface area contributed by atoms with Crippen LogP contribution in [0.4, 0.5) is 0 Å². The lowest BCUT2D eigenvalue weighted by atomic mass is 10.0. The maximum atomic E-state index is 12.8. The van der Waals surface area contributed by atoms with Gasteiger partial charge < -0.3 is 9.73 Å². The van der Waals surface area contributed by atoms with Crippen molar-refractivity contribution in [3.8, 4) is 0 Å². The molecule has 2 aromatic heterocycles. The van der Waals surface area contributed by atoms with Crippen molar-refractivity contribution < 1.29 is 9.21 Å². The van der Waals surface area contributed by atoms with Gasteiger partial charge in [0.1, 0.15) is 5.76 Å². The molecule has 0 unspecified atom stereocenters. The molecule has 4 rings (SSSR count). The zero-order valence-corrected chi connectivity index (χ0v) is 17.4. The Balaban J connectivity index is 1.26. The van der Waals surface area contributed by atoms with E-state index in [2.05, 4.69) is 26.2 Å². The van der Waals surface area contributed by atoms with Crippen molar-refractivity contribution in [2.24, 2.45) is 0 Å². The molecule has 0 aromatic carbocycles. The molecule has 156 valence electrons. The second-order valence-corrected chi connectivity index (χ2v) is 8.45. The van der Waals surface area contributed by atoms with Gasteiger partial charge >= 0.3 is 0 Å². The Morgan fingerprint density at radius 3 is 2.62 bits per heavy atom. The van der Waals surface area contributed by atoms with E-state index < -0.39 is 0 Å². The predicted molar refractivity (Wildman–Crippen MR) is 113 cm³/mol. The average molecular weight is 397 g/mol. The molecule has 4 heterocycles. The average Bonchev–Trinajstić information content (AvgIpc) is 3.11. The van der Waals surface area contributed by atoms with Crippen LogP contribution < -0.4 is 5.32 Å². The van der Waals surface area contributed by atoms with E-state index in [4.69, 9.17) is 4.42 Å². The molecule has 0 radical (unpaired) electrons. The Morgan fingerprint density at radius 2 is 1.90 bits per heavy atom. The van der Waals surface area contributed by atoms with Gasteiger partial charge in [0.15, 0.2) is 5.76 Å². The first-order chi connectivity index (χ1) is 14.2. The second-order valence-electron chi connectivity index (χ2n) is 8.45. The Bertz CT molecular complexity index is 790. The number of nitrogens with one attached hydrogen (secondary N) is 1. The van der Waals surface area contributed by atoms with Crippen molar-refractivity contribution in [3.63, 3.8) is 0 Å². The van der Waals surface area contributed by atoms with E-state index in [1.165, 1.54) is 24.8 Å². The molecular formula is C23H32N4O2. The number of pyridine rings is 1. The van der Waals surface area contributed by atoms with Crippen LogP contribution >= 0.6 is 0 Å². The Hall–Kier alpha value is -2.18. The van der Waals surface area contributed by atoms with E-state index in [-0.39, 0.29) is 11.9 Å². The fourth-order valence-corrected chi connectivity index (χ4v) is 4.43. The lowest BCUT2D eigenvalue weighted by Gasteiger charge is -2.32. The number of nitrogens with zero attached hydrogens (tertiary/aromatic N) is 3. The first kappa shape index (κ1) is 20.1. The van der Waals surface area contributed by atoms with Crippen LogP contribution in [-0.2, 0) is 13.1 Å². The number of carbonyl (C=O) groups is 1. The summed E-state index contributed by atoms with van der Waals surface area (Å²) in [6, 6.07) is 6.33. The first-order valence-corrected chi connectivity index (χ1v) is 10.9. The van der Waals surface area contributed by atoms with Gasteiger partial charge in [-0.05, 0) is 63.4 Å². The maximum absolute atomic E-state index is 12.8. The fourth-order valence-electron chi connectivity index (χ4n) is 4.43. The standard InChI is InChI=1S/C23H32N4O2/c1-18-14-21(17-26-10-3-2-4-11-26)29-22(18)23(28)25-20-7-12-27(13-8-20)16-19-6-5-9-24-15-19/h5-6,9,14-15,20H,2-4,7-8,10-13,16-17H2,1H3,(H,25,28). The molecule has 29 heavy (non-hydrogen) atoms. The third kappa shape index (κ3) is 5.46. The molecule has 2 aromatic rings. The van der Waals surface area contributed by atoms with Crippen LogP contribution in [0.3, 0.4) is 0 Å². The highest BCUT2D eigenvalue weighted by Gasteiger charge is 2.24. The van der Waals surface area contributed by atoms with E-state index >= 15 is 0 Å². The van der Waals surface area contributed by atoms with Crippen molar-refractivity contribution in [3.05, 3.63) is 53.2 Å². The minimum atomic E-state index is -0.0712. The van der Waals surface area contributed by atoms with Crippen molar-refractivity contribution in [2.75, 3.05) is 26.2 Å². The smallest absolute Gasteiger partial charge is 0.287 e. The molecule has 2 fully saturated rings. The number of likely N-dealkylation sites (tertiary alicyclic amines) is 2. The summed E-state index contributed by atoms with van der Waals surface area (Å²) in [5.74, 6) is 1.31. The monoisotopic (exact) mass is 396 g/mol. The molecule has 0 saturated carbocycles. The number of aromatic nitrogens is 1. The summed E-state index contributed by atoms with van der Waals surface area (Å²) in [6.07, 6.45) is 9.50. The number of rotatable bonds is 6. The zero-order valence-electron chi connectivity index (χ0n) is 17.4. The van der Waals surface area contributed by atoms with E-state index in [1.807, 2.05) is 25.3 Å². The Morgan fingerprint density at radius 1 is 1.14 bits per heavy atom. The lowest BCUT2D eigenvalue weighted by Crippen LogP contribution is -2.44. The van der Waals surface area contributed by atoms with Crippen LogP contribution in [-0.4, -0.2) is 52.9 Å². The Labute approximate surface area is 173 Å². The van der Waals surface area contributed by atoms with Gasteiger partial charge in [-0.1, -0.05) is 12.5 Å². The number of hydrogen-bond donors (Lipinski definition) is 1. The normalized spacial score (nSPS) is 19.3. The van der Waals surface area contributed by atoms with Crippen LogP contribution in [0.15, 0.2) is 35.0 Å². The predicted octanol–water partition coefficient (Wildman–Crippen LogP) is 3.36. The van der Waals surface area contributed by atoms with Crippen molar-refractivity contribution in [1.82, 2.24) is 20.1 Å². The highest BCUT2D eigenvalue weighted by Crippen LogP contribution is 2.20. The number of amides is 1. The zero-order chi connectivity index (χ0) is 20.1. The summed E-state index contributed by atoms with van der Waals surface area (Å²) in [7, 11) is 0. The molecule has 6 heteroatoms. The number of aryl methyl sites for hydroxylation is 1. The van der Waals surface area contributed by atoms with E-state index in [1.54, 1.807) is 6.20 Å². The number of piperidine rings is 2. The lowest BCUT2D eigenvalue weighted by molar-refractivity contribution is 0.0875. The summed E-state index contributed by atoms with van der Waals surface area (Å²) < 4.78 is 5.95. The first-order valence-electron chi connectivity index (χ1n) is 10.9. The molecule has 2 aliphatic rings. The van der Waals surface area contributed by atoms with Crippen molar-refractivity contribution in [1.29, 1.82) is 0 Å². The topological polar surface area (TPSA) is 61.6 Å². The van der Waals surface area contributed by atoms with Gasteiger partial charge in [-0.15, -0.1) is 0 Å². The largest absolute Gasteiger partial charge is 0.454 e. The number of hydrogen-bond acceptors (Lipinski definition) is 5. The molecule has 0 spiro atoms. The SMILES string of the molecule is Cc1cc(CN2CCCCC2)oc1C(=O)NC1CCN(Cc2cccnc2)CC1. The van der Waals surface area contributed by atoms with Gasteiger partial charge in [0.05, 0.1) is 6.54 Å². The molecule has 0 bridgehead atoms. The van der Waals surface area contributed by atoms with Gasteiger partial charge in [0.25, 0.3) is 5.91 Å². The quantitative estimate of drug-likeness (QED) is 0.811. The summed E-state index contributed by atoms with van der Waals surface area (Å²) in [4.78, 5) is 21.8. The molecule has 2 saturated heterocycles. The van der Waals surface area contributed by atoms with Gasteiger partial charge in [0.2, 0.25) is 0 Å². The summed E-state index contributed by atoms with van der Waals surface area (Å²) in [6.45, 7) is 7.91. The minimum absolute atomic E-state index is 0.0712. The molecule has 6 nitrogen and oxygen atoms in total. The highest BCUT2D eigenvalue weighted by molar-refractivity contribution is 5.93. The van der Waals surface area contributed by atoms with Crippen LogP contribution in [0.25, 0.3) is 0 Å². The molecule has 2 aliphatic heterocycles. The third-order valence-electron chi connectivity index (χ3n) is 6.05. The van der Waals surface area contributed by atoms with Crippen LogP contribution in [0.5, 0.6) is 0 Å². The Kier molecular flexibility index (Phi) is 6.62. The molecular weight excluding hydrogens is 364 g/mol.